The second-order valence-electron chi connectivity index (χ2n) is 6.84. The van der Waals surface area contributed by atoms with E-state index in [0.717, 1.165) is 6.07 Å². The second kappa shape index (κ2) is 9.56. The number of alkyl carbamates (subject to hydrolysis) is 1. The molecule has 0 spiro atoms. The highest BCUT2D eigenvalue weighted by Gasteiger charge is 2.16. The molecule has 0 fully saturated rings. The molecular weight excluding hydrogens is 332 g/mol. The van der Waals surface area contributed by atoms with E-state index in [1.807, 2.05) is 13.8 Å². The molecule has 1 aromatic carbocycles. The smallest absolute Gasteiger partial charge is 0.407 e. The summed E-state index contributed by atoms with van der Waals surface area (Å²) >= 11 is 0. The third-order valence-corrected chi connectivity index (χ3v) is 3.03. The van der Waals surface area contributed by atoms with Crippen LogP contribution < -0.4 is 10.1 Å². The summed E-state index contributed by atoms with van der Waals surface area (Å²) < 4.78 is 43.0. The molecule has 5 nitrogen and oxygen atoms in total. The Morgan fingerprint density at radius 2 is 1.84 bits per heavy atom. The predicted molar refractivity (Wildman–Crippen MR) is 91.0 cm³/mol. The molecule has 0 unspecified atom stereocenters. The third-order valence-electron chi connectivity index (χ3n) is 3.03. The van der Waals surface area contributed by atoms with Crippen molar-refractivity contribution in [3.05, 3.63) is 29.3 Å². The number of amides is 1. The van der Waals surface area contributed by atoms with E-state index in [1.54, 1.807) is 20.8 Å². The van der Waals surface area contributed by atoms with Crippen molar-refractivity contribution in [1.29, 1.82) is 0 Å². The Labute approximate surface area is 147 Å². The molecule has 1 rings (SSSR count). The minimum Gasteiger partial charge on any atom is -0.491 e. The maximum Gasteiger partial charge on any atom is 0.407 e. The van der Waals surface area contributed by atoms with Crippen LogP contribution in [0, 0.1) is 11.6 Å². The molecule has 0 aliphatic heterocycles. The van der Waals surface area contributed by atoms with Crippen molar-refractivity contribution in [1.82, 2.24) is 5.32 Å². The topological polar surface area (TPSA) is 56.8 Å². The lowest BCUT2D eigenvalue weighted by atomic mass is 10.0. The van der Waals surface area contributed by atoms with E-state index < -0.39 is 23.3 Å². The lowest BCUT2D eigenvalue weighted by Crippen LogP contribution is -2.34. The molecule has 25 heavy (non-hydrogen) atoms. The van der Waals surface area contributed by atoms with E-state index in [-0.39, 0.29) is 31.5 Å². The van der Waals surface area contributed by atoms with Gasteiger partial charge in [-0.25, -0.2) is 13.6 Å². The van der Waals surface area contributed by atoms with Crippen LogP contribution >= 0.6 is 0 Å². The molecule has 7 heteroatoms. The molecule has 0 heterocycles. The highest BCUT2D eigenvalue weighted by molar-refractivity contribution is 5.67. The van der Waals surface area contributed by atoms with E-state index in [9.17, 15) is 13.6 Å². The van der Waals surface area contributed by atoms with Crippen molar-refractivity contribution < 1.29 is 27.8 Å². The Kier molecular flexibility index (Phi) is 8.09. The van der Waals surface area contributed by atoms with Gasteiger partial charge in [0, 0.05) is 24.2 Å². The fraction of sp³-hybridized carbons (Fsp3) is 0.611. The van der Waals surface area contributed by atoms with Gasteiger partial charge >= 0.3 is 6.09 Å². The Morgan fingerprint density at radius 1 is 1.16 bits per heavy atom. The minimum absolute atomic E-state index is 0.130. The summed E-state index contributed by atoms with van der Waals surface area (Å²) in [5.41, 5.74) is -0.208. The summed E-state index contributed by atoms with van der Waals surface area (Å²) in [7, 11) is 0. The number of ether oxygens (including phenoxy) is 3. The molecule has 0 radical (unpaired) electrons. The van der Waals surface area contributed by atoms with Crippen LogP contribution in [0.4, 0.5) is 13.6 Å². The molecule has 1 N–H and O–H groups in total. The van der Waals surface area contributed by atoms with Gasteiger partial charge < -0.3 is 19.5 Å². The number of carbonyl (C=O) groups excluding carboxylic acids is 1. The number of hydrogen-bond donors (Lipinski definition) is 1. The fourth-order valence-corrected chi connectivity index (χ4v) is 2.09. The third kappa shape index (κ3) is 8.16. The highest BCUT2D eigenvalue weighted by atomic mass is 19.1. The van der Waals surface area contributed by atoms with Crippen molar-refractivity contribution in [2.75, 3.05) is 26.4 Å². The number of halogens is 2. The Bertz CT molecular complexity index is 571. The molecule has 0 aliphatic rings. The quantitative estimate of drug-likeness (QED) is 0.713. The number of hydrogen-bond acceptors (Lipinski definition) is 4. The van der Waals surface area contributed by atoms with Crippen LogP contribution in [0.5, 0.6) is 5.75 Å². The van der Waals surface area contributed by atoms with E-state index in [4.69, 9.17) is 14.2 Å². The van der Waals surface area contributed by atoms with Crippen LogP contribution in [0.25, 0.3) is 0 Å². The average molecular weight is 359 g/mol. The summed E-state index contributed by atoms with van der Waals surface area (Å²) in [6, 6.07) is 2.02. The molecule has 0 aromatic heterocycles. The highest BCUT2D eigenvalue weighted by Crippen LogP contribution is 2.30. The molecule has 0 aliphatic carbocycles. The first kappa shape index (κ1) is 21.2. The van der Waals surface area contributed by atoms with Crippen molar-refractivity contribution >= 4 is 6.09 Å². The predicted octanol–water partition coefficient (Wildman–Crippen LogP) is 4.01. The average Bonchev–Trinajstić information content (AvgIpc) is 2.43. The standard InChI is InChI=1S/C18H27F2NO4/c1-12(2)16-14(20)10-13(19)11-15(16)24-9-8-23-7-6-21-17(22)25-18(3,4)5/h10-12H,6-9H2,1-5H3,(H,21,22). The zero-order valence-corrected chi connectivity index (χ0v) is 15.4. The molecule has 1 aromatic rings. The van der Waals surface area contributed by atoms with Crippen LogP contribution in [-0.2, 0) is 9.47 Å². The van der Waals surface area contributed by atoms with Crippen molar-refractivity contribution in [3.63, 3.8) is 0 Å². The maximum absolute atomic E-state index is 13.8. The monoisotopic (exact) mass is 359 g/mol. The number of benzene rings is 1. The van der Waals surface area contributed by atoms with Gasteiger partial charge in [-0.2, -0.15) is 0 Å². The van der Waals surface area contributed by atoms with Crippen molar-refractivity contribution in [2.24, 2.45) is 0 Å². The van der Waals surface area contributed by atoms with Gasteiger partial charge in [0.25, 0.3) is 0 Å². The normalized spacial score (nSPS) is 11.5. The Hall–Kier alpha value is -1.89. The lowest BCUT2D eigenvalue weighted by Gasteiger charge is -2.19. The SMILES string of the molecule is CC(C)c1c(F)cc(F)cc1OCCOCCNC(=O)OC(C)(C)C. The van der Waals surface area contributed by atoms with Gasteiger partial charge in [0.1, 0.15) is 29.6 Å². The Balaban J connectivity index is 2.30. The minimum atomic E-state index is -0.681. The first-order chi connectivity index (χ1) is 11.6. The summed E-state index contributed by atoms with van der Waals surface area (Å²) in [6.45, 7) is 9.89. The fourth-order valence-electron chi connectivity index (χ4n) is 2.09. The van der Waals surface area contributed by atoms with Crippen LogP contribution in [-0.4, -0.2) is 38.1 Å². The lowest BCUT2D eigenvalue weighted by molar-refractivity contribution is 0.0488. The summed E-state index contributed by atoms with van der Waals surface area (Å²) in [6.07, 6.45) is -0.510. The van der Waals surface area contributed by atoms with Gasteiger partial charge in [0.2, 0.25) is 0 Å². The summed E-state index contributed by atoms with van der Waals surface area (Å²) in [4.78, 5) is 11.4. The van der Waals surface area contributed by atoms with E-state index >= 15 is 0 Å². The zero-order chi connectivity index (χ0) is 19.0. The van der Waals surface area contributed by atoms with Gasteiger partial charge in [0.05, 0.1) is 13.2 Å². The maximum atomic E-state index is 13.8. The summed E-state index contributed by atoms with van der Waals surface area (Å²) in [5, 5.41) is 2.56. The molecular formula is C18H27F2NO4. The van der Waals surface area contributed by atoms with Gasteiger partial charge in [-0.3, -0.25) is 0 Å². The second-order valence-corrected chi connectivity index (χ2v) is 6.84. The van der Waals surface area contributed by atoms with Crippen molar-refractivity contribution in [3.8, 4) is 5.75 Å². The van der Waals surface area contributed by atoms with Gasteiger partial charge in [0.15, 0.2) is 0 Å². The van der Waals surface area contributed by atoms with Gasteiger partial charge in [-0.05, 0) is 26.7 Å². The van der Waals surface area contributed by atoms with E-state index in [0.29, 0.717) is 12.1 Å². The number of nitrogens with one attached hydrogen (secondary N) is 1. The van der Waals surface area contributed by atoms with Crippen LogP contribution in [0.2, 0.25) is 0 Å². The largest absolute Gasteiger partial charge is 0.491 e. The summed E-state index contributed by atoms with van der Waals surface area (Å²) in [5.74, 6) is -1.25. The van der Waals surface area contributed by atoms with E-state index in [2.05, 4.69) is 5.32 Å². The van der Waals surface area contributed by atoms with Crippen LogP contribution in [0.1, 0.15) is 46.1 Å². The number of rotatable bonds is 8. The molecule has 142 valence electrons. The number of carbonyl (C=O) groups is 1. The van der Waals surface area contributed by atoms with E-state index in [1.165, 1.54) is 6.07 Å². The first-order valence-electron chi connectivity index (χ1n) is 8.26. The van der Waals surface area contributed by atoms with Gasteiger partial charge in [-0.1, -0.05) is 13.8 Å². The van der Waals surface area contributed by atoms with Crippen LogP contribution in [0.3, 0.4) is 0 Å². The molecule has 0 bridgehead atoms. The molecule has 0 saturated carbocycles. The Morgan fingerprint density at radius 3 is 2.44 bits per heavy atom. The van der Waals surface area contributed by atoms with Crippen molar-refractivity contribution in [2.45, 2.75) is 46.1 Å². The van der Waals surface area contributed by atoms with Crippen LogP contribution in [0.15, 0.2) is 12.1 Å². The zero-order valence-electron chi connectivity index (χ0n) is 15.4. The molecule has 0 atom stereocenters. The molecule has 1 amide bonds. The van der Waals surface area contributed by atoms with Gasteiger partial charge in [-0.15, -0.1) is 0 Å². The molecule has 0 saturated heterocycles. The first-order valence-corrected chi connectivity index (χ1v) is 8.26.